The second kappa shape index (κ2) is 14.0. The average Bonchev–Trinajstić information content (AvgIpc) is 2.82. The lowest BCUT2D eigenvalue weighted by Gasteiger charge is -2.23. The first-order valence-electron chi connectivity index (χ1n) is 11.6. The molecule has 0 radical (unpaired) electrons. The molecule has 8 nitrogen and oxygen atoms in total. The van der Waals surface area contributed by atoms with Gasteiger partial charge in [0.1, 0.15) is 0 Å². The summed E-state index contributed by atoms with van der Waals surface area (Å²) in [5, 5.41) is 10.9. The molecule has 0 saturated carbocycles. The molecule has 8 heteroatoms. The Kier molecular flexibility index (Phi) is 10.7. The van der Waals surface area contributed by atoms with Crippen LogP contribution in [-0.4, -0.2) is 80.5 Å². The summed E-state index contributed by atoms with van der Waals surface area (Å²) in [6.45, 7) is 10.6. The van der Waals surface area contributed by atoms with Crippen molar-refractivity contribution in [2.24, 2.45) is 0 Å². The Morgan fingerprint density at radius 1 is 0.697 bits per heavy atom. The number of nitrogens with zero attached hydrogens (tertiary/aromatic N) is 3. The minimum absolute atomic E-state index is 0.109. The van der Waals surface area contributed by atoms with Gasteiger partial charge in [-0.3, -0.25) is 19.9 Å². The molecule has 1 aliphatic rings. The van der Waals surface area contributed by atoms with E-state index in [0.29, 0.717) is 46.2 Å². The topological polar surface area (TPSA) is 77.3 Å². The van der Waals surface area contributed by atoms with Crippen molar-refractivity contribution >= 4 is 5.69 Å². The fourth-order valence-electron chi connectivity index (χ4n) is 3.67. The molecule has 0 aromatic heterocycles. The van der Waals surface area contributed by atoms with Crippen molar-refractivity contribution in [2.45, 2.75) is 20.0 Å². The quantitative estimate of drug-likeness (QED) is 0.504. The van der Waals surface area contributed by atoms with E-state index in [1.54, 1.807) is 12.1 Å². The molecule has 0 atom stereocenters. The predicted octanol–water partition coefficient (Wildman–Crippen LogP) is 3.27. The van der Waals surface area contributed by atoms with Gasteiger partial charge in [0.25, 0.3) is 5.69 Å². The molecule has 1 aliphatic heterocycles. The Hall–Kier alpha value is -2.36. The molecule has 180 valence electrons. The zero-order chi connectivity index (χ0) is 23.3. The molecule has 33 heavy (non-hydrogen) atoms. The highest BCUT2D eigenvalue weighted by Crippen LogP contribution is 2.13. The van der Waals surface area contributed by atoms with Crippen LogP contribution in [0.2, 0.25) is 0 Å². The summed E-state index contributed by atoms with van der Waals surface area (Å²) in [5.41, 5.74) is 3.70. The first kappa shape index (κ1) is 25.3. The second-order valence-electron chi connectivity index (χ2n) is 8.30. The summed E-state index contributed by atoms with van der Waals surface area (Å²) in [5.74, 6) is 0. The Labute approximate surface area is 196 Å². The van der Waals surface area contributed by atoms with Crippen LogP contribution < -0.4 is 0 Å². The Morgan fingerprint density at radius 2 is 1.09 bits per heavy atom. The van der Waals surface area contributed by atoms with E-state index in [9.17, 15) is 10.1 Å². The zero-order valence-electron chi connectivity index (χ0n) is 19.5. The molecule has 3 rings (SSSR count). The van der Waals surface area contributed by atoms with Crippen molar-refractivity contribution in [1.29, 1.82) is 0 Å². The molecule has 0 bridgehead atoms. The maximum Gasteiger partial charge on any atom is 0.269 e. The van der Waals surface area contributed by atoms with Crippen molar-refractivity contribution in [3.8, 4) is 0 Å². The summed E-state index contributed by atoms with van der Waals surface area (Å²) < 4.78 is 17.5. The number of nitro groups is 1. The van der Waals surface area contributed by atoms with E-state index in [4.69, 9.17) is 14.2 Å². The van der Waals surface area contributed by atoms with Gasteiger partial charge in [-0.1, -0.05) is 42.0 Å². The summed E-state index contributed by atoms with van der Waals surface area (Å²) in [4.78, 5) is 15.1. The van der Waals surface area contributed by atoms with Crippen LogP contribution in [0.25, 0.3) is 0 Å². The van der Waals surface area contributed by atoms with Crippen LogP contribution in [0.4, 0.5) is 5.69 Å². The van der Waals surface area contributed by atoms with Crippen LogP contribution in [0.3, 0.4) is 0 Å². The smallest absolute Gasteiger partial charge is 0.269 e. The van der Waals surface area contributed by atoms with E-state index < -0.39 is 0 Å². The van der Waals surface area contributed by atoms with Crippen molar-refractivity contribution < 1.29 is 19.1 Å². The molecule has 0 spiro atoms. The lowest BCUT2D eigenvalue weighted by molar-refractivity contribution is -0.384. The number of rotatable bonds is 5. The molecular formula is C25H35N3O5. The second-order valence-corrected chi connectivity index (χ2v) is 8.30. The Morgan fingerprint density at radius 3 is 1.52 bits per heavy atom. The molecule has 0 unspecified atom stereocenters. The standard InChI is InChI=1S/C25H35N3O5/c1-22-2-4-23(5-3-22)20-26-10-14-31-15-11-27(13-17-33-19-18-32-16-12-26)21-24-6-8-25(9-7-24)28(29)30/h2-9H,10-21H2,1H3. The largest absolute Gasteiger partial charge is 0.379 e. The number of aryl methyl sites for hydroxylation is 1. The van der Waals surface area contributed by atoms with Crippen LogP contribution in [0, 0.1) is 17.0 Å². The minimum Gasteiger partial charge on any atom is -0.379 e. The summed E-state index contributed by atoms with van der Waals surface area (Å²) in [7, 11) is 0. The van der Waals surface area contributed by atoms with E-state index in [0.717, 1.165) is 38.3 Å². The van der Waals surface area contributed by atoms with Gasteiger partial charge in [0.05, 0.1) is 44.6 Å². The zero-order valence-corrected chi connectivity index (χ0v) is 19.5. The molecule has 1 saturated heterocycles. The molecular weight excluding hydrogens is 422 g/mol. The lowest BCUT2D eigenvalue weighted by atomic mass is 10.1. The van der Waals surface area contributed by atoms with Gasteiger partial charge < -0.3 is 14.2 Å². The Balaban J connectivity index is 1.51. The van der Waals surface area contributed by atoms with E-state index in [2.05, 4.69) is 41.0 Å². The normalized spacial score (nSPS) is 18.3. The number of benzene rings is 2. The minimum atomic E-state index is -0.375. The van der Waals surface area contributed by atoms with Gasteiger partial charge in [-0.05, 0) is 18.1 Å². The summed E-state index contributed by atoms with van der Waals surface area (Å²) in [6, 6.07) is 15.4. The van der Waals surface area contributed by atoms with Crippen molar-refractivity contribution in [1.82, 2.24) is 9.80 Å². The van der Waals surface area contributed by atoms with E-state index in [-0.39, 0.29) is 10.6 Å². The lowest BCUT2D eigenvalue weighted by Crippen LogP contribution is -2.32. The van der Waals surface area contributed by atoms with Gasteiger partial charge in [-0.2, -0.15) is 0 Å². The molecule has 1 heterocycles. The fraction of sp³-hybridized carbons (Fsp3) is 0.520. The molecule has 0 amide bonds. The maximum atomic E-state index is 10.9. The highest BCUT2D eigenvalue weighted by molar-refractivity contribution is 5.32. The number of hydrogen-bond acceptors (Lipinski definition) is 7. The molecule has 2 aromatic rings. The summed E-state index contributed by atoms with van der Waals surface area (Å²) >= 11 is 0. The molecule has 0 N–H and O–H groups in total. The average molecular weight is 458 g/mol. The molecule has 2 aromatic carbocycles. The number of non-ortho nitro benzene ring substituents is 1. The van der Waals surface area contributed by atoms with Crippen LogP contribution >= 0.6 is 0 Å². The number of ether oxygens (including phenoxy) is 3. The third kappa shape index (κ3) is 9.57. The van der Waals surface area contributed by atoms with Crippen LogP contribution in [0.5, 0.6) is 0 Å². The number of nitro benzene ring substituents is 1. The van der Waals surface area contributed by atoms with E-state index in [1.807, 2.05) is 12.1 Å². The summed E-state index contributed by atoms with van der Waals surface area (Å²) in [6.07, 6.45) is 0. The van der Waals surface area contributed by atoms with Gasteiger partial charge >= 0.3 is 0 Å². The van der Waals surface area contributed by atoms with Gasteiger partial charge in [-0.25, -0.2) is 0 Å². The first-order chi connectivity index (χ1) is 16.1. The Bertz CT molecular complexity index is 829. The third-order valence-corrected chi connectivity index (χ3v) is 5.66. The van der Waals surface area contributed by atoms with Crippen molar-refractivity contribution in [3.63, 3.8) is 0 Å². The van der Waals surface area contributed by atoms with E-state index >= 15 is 0 Å². The third-order valence-electron chi connectivity index (χ3n) is 5.66. The highest BCUT2D eigenvalue weighted by Gasteiger charge is 2.11. The highest BCUT2D eigenvalue weighted by atomic mass is 16.6. The van der Waals surface area contributed by atoms with Gasteiger partial charge in [-0.15, -0.1) is 0 Å². The van der Waals surface area contributed by atoms with E-state index in [1.165, 1.54) is 11.1 Å². The SMILES string of the molecule is Cc1ccc(CN2CCOCCOCCN(Cc3ccc([N+](=O)[O-])cc3)CCOCC2)cc1. The van der Waals surface area contributed by atoms with Crippen LogP contribution in [0.1, 0.15) is 16.7 Å². The first-order valence-corrected chi connectivity index (χ1v) is 11.6. The van der Waals surface area contributed by atoms with Gasteiger partial charge in [0, 0.05) is 51.4 Å². The number of hydrogen-bond donors (Lipinski definition) is 0. The van der Waals surface area contributed by atoms with Crippen LogP contribution in [-0.2, 0) is 27.3 Å². The van der Waals surface area contributed by atoms with Crippen molar-refractivity contribution in [2.75, 3.05) is 65.8 Å². The van der Waals surface area contributed by atoms with Gasteiger partial charge in [0.15, 0.2) is 0 Å². The van der Waals surface area contributed by atoms with Gasteiger partial charge in [0.2, 0.25) is 0 Å². The fourth-order valence-corrected chi connectivity index (χ4v) is 3.67. The monoisotopic (exact) mass is 457 g/mol. The predicted molar refractivity (Wildman–Crippen MR) is 127 cm³/mol. The molecule has 1 fully saturated rings. The molecule has 0 aliphatic carbocycles. The maximum absolute atomic E-state index is 10.9. The van der Waals surface area contributed by atoms with Crippen LogP contribution in [0.15, 0.2) is 48.5 Å². The van der Waals surface area contributed by atoms with Crippen molar-refractivity contribution in [3.05, 3.63) is 75.3 Å².